The third-order valence-electron chi connectivity index (χ3n) is 1.84. The molecule has 0 aromatic carbocycles. The topological polar surface area (TPSA) is 63.6 Å². The summed E-state index contributed by atoms with van der Waals surface area (Å²) in [6.07, 6.45) is 0.805. The predicted molar refractivity (Wildman–Crippen MR) is 40.5 cm³/mol. The molecule has 12 heavy (non-hydrogen) atoms. The highest BCUT2D eigenvalue weighted by atomic mass is 16.5. The van der Waals surface area contributed by atoms with E-state index in [0.29, 0.717) is 13.0 Å². The van der Waals surface area contributed by atoms with Gasteiger partial charge in [-0.2, -0.15) is 0 Å². The second-order valence-corrected chi connectivity index (χ2v) is 2.77. The molecule has 0 saturated carbocycles. The Hall–Kier alpha value is -1.32. The van der Waals surface area contributed by atoms with E-state index in [9.17, 15) is 9.59 Å². The van der Waals surface area contributed by atoms with Gasteiger partial charge in [0.15, 0.2) is 0 Å². The van der Waals surface area contributed by atoms with E-state index in [1.807, 2.05) is 0 Å². The smallest absolute Gasteiger partial charge is 0.330 e. The molecular formula is C8H10O4. The summed E-state index contributed by atoms with van der Waals surface area (Å²) >= 11 is 0. The molecule has 0 aromatic heterocycles. The first-order valence-electron chi connectivity index (χ1n) is 3.69. The number of aliphatic carboxylic acids is 1. The molecule has 0 radical (unpaired) electrons. The first kappa shape index (κ1) is 8.77. The second-order valence-electron chi connectivity index (χ2n) is 2.77. The molecule has 1 fully saturated rings. The van der Waals surface area contributed by atoms with E-state index in [4.69, 9.17) is 5.11 Å². The Morgan fingerprint density at radius 3 is 2.83 bits per heavy atom. The number of ether oxygens (including phenoxy) is 1. The molecular weight excluding hydrogens is 160 g/mol. The summed E-state index contributed by atoms with van der Waals surface area (Å²) in [5, 5.41) is 8.48. The predicted octanol–water partition coefficient (Wildman–Crippen LogP) is 0.580. The SMILES string of the molecule is C=C(CC1CCOC1=O)C(=O)O. The van der Waals surface area contributed by atoms with Gasteiger partial charge in [0.25, 0.3) is 0 Å². The van der Waals surface area contributed by atoms with Crippen molar-refractivity contribution in [3.05, 3.63) is 12.2 Å². The van der Waals surface area contributed by atoms with Crippen LogP contribution in [-0.4, -0.2) is 23.7 Å². The van der Waals surface area contributed by atoms with Crippen LogP contribution >= 0.6 is 0 Å². The lowest BCUT2D eigenvalue weighted by molar-refractivity contribution is -0.141. The van der Waals surface area contributed by atoms with Crippen molar-refractivity contribution >= 4 is 11.9 Å². The van der Waals surface area contributed by atoms with Gasteiger partial charge < -0.3 is 9.84 Å². The molecule has 0 amide bonds. The summed E-state index contributed by atoms with van der Waals surface area (Å²) in [7, 11) is 0. The van der Waals surface area contributed by atoms with E-state index < -0.39 is 5.97 Å². The van der Waals surface area contributed by atoms with Gasteiger partial charge in [0.2, 0.25) is 0 Å². The zero-order valence-corrected chi connectivity index (χ0v) is 6.58. The van der Waals surface area contributed by atoms with Gasteiger partial charge in [-0.15, -0.1) is 0 Å². The van der Waals surface area contributed by atoms with E-state index in [-0.39, 0.29) is 23.9 Å². The number of hydrogen-bond donors (Lipinski definition) is 1. The summed E-state index contributed by atoms with van der Waals surface area (Å²) in [5.74, 6) is -1.65. The minimum absolute atomic E-state index is 0.0684. The first-order chi connectivity index (χ1) is 5.61. The van der Waals surface area contributed by atoms with Gasteiger partial charge in [-0.05, 0) is 12.8 Å². The molecule has 1 aliphatic heterocycles. The summed E-state index contributed by atoms with van der Waals surface area (Å²) < 4.78 is 4.67. The van der Waals surface area contributed by atoms with Crippen molar-refractivity contribution in [1.82, 2.24) is 0 Å². The maximum atomic E-state index is 10.9. The molecule has 4 nitrogen and oxygen atoms in total. The highest BCUT2D eigenvalue weighted by Gasteiger charge is 2.28. The molecule has 0 spiro atoms. The molecule has 1 atom stereocenters. The minimum atomic E-state index is -1.05. The van der Waals surface area contributed by atoms with Crippen molar-refractivity contribution in [2.24, 2.45) is 5.92 Å². The normalized spacial score (nSPS) is 22.0. The lowest BCUT2D eigenvalue weighted by Crippen LogP contribution is -2.11. The van der Waals surface area contributed by atoms with E-state index in [1.165, 1.54) is 0 Å². The molecule has 1 saturated heterocycles. The summed E-state index contributed by atoms with van der Waals surface area (Å²) in [5.41, 5.74) is 0.0684. The minimum Gasteiger partial charge on any atom is -0.478 e. The van der Waals surface area contributed by atoms with Crippen molar-refractivity contribution in [1.29, 1.82) is 0 Å². The summed E-state index contributed by atoms with van der Waals surface area (Å²) in [4.78, 5) is 21.2. The molecule has 1 heterocycles. The number of carbonyl (C=O) groups excluding carboxylic acids is 1. The maximum absolute atomic E-state index is 10.9. The summed E-state index contributed by atoms with van der Waals surface area (Å²) in [6.45, 7) is 3.74. The average Bonchev–Trinajstić information content (AvgIpc) is 2.36. The zero-order valence-electron chi connectivity index (χ0n) is 6.58. The summed E-state index contributed by atoms with van der Waals surface area (Å²) in [6, 6.07) is 0. The van der Waals surface area contributed by atoms with Gasteiger partial charge in [0, 0.05) is 5.57 Å². The fourth-order valence-corrected chi connectivity index (χ4v) is 1.11. The van der Waals surface area contributed by atoms with Crippen LogP contribution < -0.4 is 0 Å². The van der Waals surface area contributed by atoms with Gasteiger partial charge in [-0.1, -0.05) is 6.58 Å². The molecule has 4 heteroatoms. The van der Waals surface area contributed by atoms with Crippen molar-refractivity contribution in [3.8, 4) is 0 Å². The van der Waals surface area contributed by atoms with Crippen LogP contribution in [0.1, 0.15) is 12.8 Å². The second kappa shape index (κ2) is 3.38. The maximum Gasteiger partial charge on any atom is 0.330 e. The Labute approximate surface area is 69.8 Å². The van der Waals surface area contributed by atoms with Crippen LogP contribution in [0.5, 0.6) is 0 Å². The molecule has 1 unspecified atom stereocenters. The van der Waals surface area contributed by atoms with Gasteiger partial charge in [-0.3, -0.25) is 4.79 Å². The Morgan fingerprint density at radius 1 is 1.75 bits per heavy atom. The van der Waals surface area contributed by atoms with Crippen molar-refractivity contribution < 1.29 is 19.4 Å². The van der Waals surface area contributed by atoms with Gasteiger partial charge in [0.05, 0.1) is 12.5 Å². The molecule has 1 aliphatic rings. The first-order valence-corrected chi connectivity index (χ1v) is 3.69. The lowest BCUT2D eigenvalue weighted by Gasteiger charge is -2.03. The Kier molecular flexibility index (Phi) is 2.47. The van der Waals surface area contributed by atoms with Crippen LogP contribution in [0.15, 0.2) is 12.2 Å². The monoisotopic (exact) mass is 170 g/mol. The Balaban J connectivity index is 2.46. The number of hydrogen-bond acceptors (Lipinski definition) is 3. The van der Waals surface area contributed by atoms with Crippen LogP contribution in [0.25, 0.3) is 0 Å². The van der Waals surface area contributed by atoms with E-state index >= 15 is 0 Å². The fraction of sp³-hybridized carbons (Fsp3) is 0.500. The van der Waals surface area contributed by atoms with E-state index in [2.05, 4.69) is 11.3 Å². The molecule has 0 aromatic rings. The molecule has 0 aliphatic carbocycles. The number of carboxylic acid groups (broad SMARTS) is 1. The van der Waals surface area contributed by atoms with E-state index in [1.54, 1.807) is 0 Å². The van der Waals surface area contributed by atoms with Crippen LogP contribution in [0.2, 0.25) is 0 Å². The quantitative estimate of drug-likeness (QED) is 0.497. The number of cyclic esters (lactones) is 1. The van der Waals surface area contributed by atoms with Crippen LogP contribution in [0, 0.1) is 5.92 Å². The van der Waals surface area contributed by atoms with Gasteiger partial charge >= 0.3 is 11.9 Å². The Morgan fingerprint density at radius 2 is 2.42 bits per heavy atom. The van der Waals surface area contributed by atoms with Gasteiger partial charge in [0.1, 0.15) is 0 Å². The van der Waals surface area contributed by atoms with Gasteiger partial charge in [-0.25, -0.2) is 4.79 Å². The zero-order chi connectivity index (χ0) is 9.14. The highest BCUT2D eigenvalue weighted by Crippen LogP contribution is 2.21. The molecule has 0 bridgehead atoms. The Bertz CT molecular complexity index is 231. The number of esters is 1. The van der Waals surface area contributed by atoms with Crippen LogP contribution in [0.3, 0.4) is 0 Å². The molecule has 1 N–H and O–H groups in total. The van der Waals surface area contributed by atoms with Crippen molar-refractivity contribution in [2.45, 2.75) is 12.8 Å². The average molecular weight is 170 g/mol. The number of carbonyl (C=O) groups is 2. The third-order valence-corrected chi connectivity index (χ3v) is 1.84. The van der Waals surface area contributed by atoms with E-state index in [0.717, 1.165) is 0 Å². The van der Waals surface area contributed by atoms with Crippen LogP contribution in [0.4, 0.5) is 0 Å². The van der Waals surface area contributed by atoms with Crippen LogP contribution in [-0.2, 0) is 14.3 Å². The standard InChI is InChI=1S/C8H10O4/c1-5(7(9)10)4-6-2-3-12-8(6)11/h6H,1-4H2,(H,9,10). The molecule has 1 rings (SSSR count). The highest BCUT2D eigenvalue weighted by molar-refractivity contribution is 5.87. The van der Waals surface area contributed by atoms with Crippen molar-refractivity contribution in [2.75, 3.05) is 6.61 Å². The number of carboxylic acids is 1. The van der Waals surface area contributed by atoms with Crippen molar-refractivity contribution in [3.63, 3.8) is 0 Å². The fourth-order valence-electron chi connectivity index (χ4n) is 1.11. The lowest BCUT2D eigenvalue weighted by atomic mass is 9.99. The largest absolute Gasteiger partial charge is 0.478 e. The number of rotatable bonds is 3. The molecule has 66 valence electrons. The third kappa shape index (κ3) is 1.84.